The monoisotopic (exact) mass is 364 g/mol. The summed E-state index contributed by atoms with van der Waals surface area (Å²) in [5, 5.41) is 23.0. The summed E-state index contributed by atoms with van der Waals surface area (Å²) >= 11 is 0. The predicted molar refractivity (Wildman–Crippen MR) is 91.8 cm³/mol. The number of hydrogen-bond acceptors (Lipinski definition) is 6. The van der Waals surface area contributed by atoms with Crippen LogP contribution in [0.5, 0.6) is 0 Å². The Balaban J connectivity index is 1.74. The Labute approximate surface area is 153 Å². The summed E-state index contributed by atoms with van der Waals surface area (Å²) in [6.07, 6.45) is 1.43. The quantitative estimate of drug-likeness (QED) is 0.689. The van der Waals surface area contributed by atoms with Gasteiger partial charge < -0.3 is 19.7 Å². The molecule has 6 atom stereocenters. The molecule has 0 aromatic rings. The number of fused-ring (bicyclic) bond motifs is 2. The zero-order valence-corrected chi connectivity index (χ0v) is 15.7. The fourth-order valence-corrected chi connectivity index (χ4v) is 5.95. The molecule has 4 rings (SSSR count). The van der Waals surface area contributed by atoms with Gasteiger partial charge in [-0.2, -0.15) is 0 Å². The second-order valence-corrected chi connectivity index (χ2v) is 9.04. The van der Waals surface area contributed by atoms with Crippen molar-refractivity contribution in [1.29, 1.82) is 0 Å². The first-order valence-corrected chi connectivity index (χ1v) is 9.63. The van der Waals surface area contributed by atoms with Gasteiger partial charge in [0.1, 0.15) is 17.5 Å². The second kappa shape index (κ2) is 5.80. The molecule has 0 aromatic carbocycles. The highest BCUT2D eigenvalue weighted by molar-refractivity contribution is 5.99. The predicted octanol–water partition coefficient (Wildman–Crippen LogP) is 1.73. The van der Waals surface area contributed by atoms with Crippen LogP contribution in [0.1, 0.15) is 52.9 Å². The van der Waals surface area contributed by atoms with Gasteiger partial charge in [0.05, 0.1) is 18.6 Å². The van der Waals surface area contributed by atoms with E-state index in [4.69, 9.17) is 9.47 Å². The molecule has 2 fully saturated rings. The molecule has 2 N–H and O–H groups in total. The van der Waals surface area contributed by atoms with Crippen LogP contribution in [0.4, 0.5) is 0 Å². The largest absolute Gasteiger partial charge is 0.497 e. The van der Waals surface area contributed by atoms with Crippen molar-refractivity contribution in [1.82, 2.24) is 0 Å². The van der Waals surface area contributed by atoms with Crippen molar-refractivity contribution in [3.63, 3.8) is 0 Å². The van der Waals surface area contributed by atoms with Gasteiger partial charge in [-0.1, -0.05) is 13.8 Å². The van der Waals surface area contributed by atoms with E-state index in [2.05, 4.69) is 0 Å². The summed E-state index contributed by atoms with van der Waals surface area (Å²) in [5.74, 6) is -0.773. The second-order valence-electron chi connectivity index (χ2n) is 9.04. The van der Waals surface area contributed by atoms with Crippen LogP contribution < -0.4 is 0 Å². The van der Waals surface area contributed by atoms with Gasteiger partial charge in [-0.25, -0.2) is 0 Å². The number of carbonyl (C=O) groups excluding carboxylic acids is 2. The molecule has 6 heteroatoms. The molecule has 3 aliphatic carbocycles. The Morgan fingerprint density at radius 2 is 2.08 bits per heavy atom. The van der Waals surface area contributed by atoms with Crippen LogP contribution in [0, 0.1) is 23.2 Å². The molecule has 26 heavy (non-hydrogen) atoms. The van der Waals surface area contributed by atoms with Gasteiger partial charge in [0.25, 0.3) is 0 Å². The van der Waals surface area contributed by atoms with E-state index in [9.17, 15) is 19.8 Å². The maximum atomic E-state index is 13.0. The van der Waals surface area contributed by atoms with Gasteiger partial charge in [-0.15, -0.1) is 0 Å². The number of carbonyl (C=O) groups is 2. The molecule has 2 saturated carbocycles. The Morgan fingerprint density at radius 3 is 2.77 bits per heavy atom. The number of Topliss-reactive ketones (excluding diaryl/α,β-unsaturated/α-hetero) is 1. The van der Waals surface area contributed by atoms with Gasteiger partial charge in [0.2, 0.25) is 0 Å². The Morgan fingerprint density at radius 1 is 1.35 bits per heavy atom. The summed E-state index contributed by atoms with van der Waals surface area (Å²) in [6.45, 7) is 5.75. The third-order valence-electron chi connectivity index (χ3n) is 7.34. The fraction of sp³-hybridized carbons (Fsp3) is 0.800. The molecule has 1 aliphatic heterocycles. The molecule has 0 saturated heterocycles. The molecule has 6 nitrogen and oxygen atoms in total. The molecule has 1 heterocycles. The molecular formula is C20H28O6. The van der Waals surface area contributed by atoms with Crippen molar-refractivity contribution in [2.45, 2.75) is 70.7 Å². The molecule has 144 valence electrons. The highest BCUT2D eigenvalue weighted by atomic mass is 16.5. The lowest BCUT2D eigenvalue weighted by atomic mass is 9.48. The summed E-state index contributed by atoms with van der Waals surface area (Å²) in [5.41, 5.74) is -1.34. The minimum atomic E-state index is -1.46. The lowest BCUT2D eigenvalue weighted by Crippen LogP contribution is -2.71. The van der Waals surface area contributed by atoms with Gasteiger partial charge >= 0.3 is 5.97 Å². The minimum Gasteiger partial charge on any atom is -0.497 e. The van der Waals surface area contributed by atoms with Crippen LogP contribution in [0.15, 0.2) is 11.3 Å². The average molecular weight is 364 g/mol. The van der Waals surface area contributed by atoms with E-state index in [-0.39, 0.29) is 23.6 Å². The third-order valence-corrected chi connectivity index (χ3v) is 7.34. The van der Waals surface area contributed by atoms with Crippen LogP contribution in [-0.4, -0.2) is 46.4 Å². The lowest BCUT2D eigenvalue weighted by Gasteiger charge is -2.61. The molecule has 0 amide bonds. The number of rotatable bonds is 1. The van der Waals surface area contributed by atoms with E-state index in [1.165, 1.54) is 6.92 Å². The van der Waals surface area contributed by atoms with E-state index in [0.717, 1.165) is 5.76 Å². The highest BCUT2D eigenvalue weighted by Gasteiger charge is 2.66. The summed E-state index contributed by atoms with van der Waals surface area (Å²) in [4.78, 5) is 24.6. The highest BCUT2D eigenvalue weighted by Crippen LogP contribution is 2.59. The summed E-state index contributed by atoms with van der Waals surface area (Å²) in [6, 6.07) is 0. The minimum absolute atomic E-state index is 0.0708. The number of hydrogen-bond donors (Lipinski definition) is 2. The first-order chi connectivity index (χ1) is 12.2. The zero-order chi connectivity index (χ0) is 18.9. The van der Waals surface area contributed by atoms with Crippen molar-refractivity contribution < 1.29 is 29.3 Å². The zero-order valence-electron chi connectivity index (χ0n) is 15.7. The smallest absolute Gasteiger partial charge is 0.302 e. The van der Waals surface area contributed by atoms with Gasteiger partial charge in [0.15, 0.2) is 5.78 Å². The topological polar surface area (TPSA) is 93.1 Å². The average Bonchev–Trinajstić information content (AvgIpc) is 3.02. The number of ether oxygens (including phenoxy) is 2. The molecule has 6 unspecified atom stereocenters. The molecule has 0 spiro atoms. The van der Waals surface area contributed by atoms with Gasteiger partial charge in [-0.3, -0.25) is 9.59 Å². The summed E-state index contributed by atoms with van der Waals surface area (Å²) < 4.78 is 11.2. The van der Waals surface area contributed by atoms with Crippen LogP contribution in [0.25, 0.3) is 0 Å². The SMILES string of the molecule is CC(=O)OC1CCC(C)(C)C2(O)C(O)C3C(=O)C4=C(CC3CC12)OCC4. The maximum absolute atomic E-state index is 13.0. The van der Waals surface area contributed by atoms with Crippen molar-refractivity contribution in [2.75, 3.05) is 6.61 Å². The molecule has 4 aliphatic rings. The number of esters is 1. The van der Waals surface area contributed by atoms with Gasteiger partial charge in [0, 0.05) is 31.3 Å². The van der Waals surface area contributed by atoms with Crippen molar-refractivity contribution in [3.05, 3.63) is 11.3 Å². The van der Waals surface area contributed by atoms with Gasteiger partial charge in [-0.05, 0) is 30.6 Å². The summed E-state index contributed by atoms with van der Waals surface area (Å²) in [7, 11) is 0. The molecule has 0 aromatic heterocycles. The number of aliphatic hydroxyl groups excluding tert-OH is 1. The van der Waals surface area contributed by atoms with Crippen LogP contribution in [0.3, 0.4) is 0 Å². The fourth-order valence-electron chi connectivity index (χ4n) is 5.95. The third kappa shape index (κ3) is 2.31. The number of ketones is 1. The van der Waals surface area contributed by atoms with Crippen LogP contribution in [0.2, 0.25) is 0 Å². The van der Waals surface area contributed by atoms with Crippen LogP contribution >= 0.6 is 0 Å². The normalized spacial score (nSPS) is 43.9. The lowest BCUT2D eigenvalue weighted by molar-refractivity contribution is -0.266. The molecule has 0 radical (unpaired) electrons. The number of aliphatic hydroxyl groups is 2. The Kier molecular flexibility index (Phi) is 4.01. The molecule has 0 bridgehead atoms. The van der Waals surface area contributed by atoms with E-state index in [0.29, 0.717) is 44.3 Å². The van der Waals surface area contributed by atoms with Crippen molar-refractivity contribution in [2.24, 2.45) is 23.2 Å². The van der Waals surface area contributed by atoms with Crippen LogP contribution in [-0.2, 0) is 19.1 Å². The Hall–Kier alpha value is -1.40. The standard InChI is InChI=1S/C20H28O6/c1-10(21)26-14-4-6-19(2,3)20(24)13(14)8-11-9-15-12(5-7-25-15)17(22)16(11)18(20)23/h11,13-14,16,18,23-24H,4-9H2,1-3H3. The van der Waals surface area contributed by atoms with E-state index < -0.39 is 29.1 Å². The van der Waals surface area contributed by atoms with Crippen molar-refractivity contribution >= 4 is 11.8 Å². The van der Waals surface area contributed by atoms with E-state index >= 15 is 0 Å². The van der Waals surface area contributed by atoms with E-state index in [1.807, 2.05) is 13.8 Å². The maximum Gasteiger partial charge on any atom is 0.302 e. The molecular weight excluding hydrogens is 336 g/mol. The first kappa shape index (κ1) is 18.0. The van der Waals surface area contributed by atoms with Crippen molar-refractivity contribution in [3.8, 4) is 0 Å². The van der Waals surface area contributed by atoms with E-state index in [1.54, 1.807) is 0 Å². The first-order valence-electron chi connectivity index (χ1n) is 9.63. The Bertz CT molecular complexity index is 680. The number of allylic oxidation sites excluding steroid dienone is 1.